The Balaban J connectivity index is 2.14. The average Bonchev–Trinajstić information content (AvgIpc) is 2.76. The Morgan fingerprint density at radius 3 is 2.56 bits per heavy atom. The van der Waals surface area contributed by atoms with E-state index in [1.54, 1.807) is 24.3 Å². The van der Waals surface area contributed by atoms with Crippen molar-refractivity contribution in [2.75, 3.05) is 6.61 Å². The molecule has 1 aliphatic rings. The maximum atomic E-state index is 12.2. The third-order valence-electron chi connectivity index (χ3n) is 3.53. The number of rotatable bonds is 4. The van der Waals surface area contributed by atoms with Crippen molar-refractivity contribution in [3.05, 3.63) is 29.8 Å². The fourth-order valence-electron chi connectivity index (χ4n) is 2.40. The summed E-state index contributed by atoms with van der Waals surface area (Å²) in [6.45, 7) is 1.96. The quantitative estimate of drug-likeness (QED) is 0.869. The first-order valence-electron chi connectivity index (χ1n) is 6.23. The van der Waals surface area contributed by atoms with E-state index < -0.39 is 10.0 Å². The minimum absolute atomic E-state index is 0.0427. The van der Waals surface area contributed by atoms with E-state index in [1.165, 1.54) is 0 Å². The van der Waals surface area contributed by atoms with Crippen molar-refractivity contribution in [1.29, 1.82) is 0 Å². The number of nitrogens with one attached hydrogen (secondary N) is 1. The minimum atomic E-state index is -3.46. The molecule has 0 bridgehead atoms. The number of aryl methyl sites for hydroxylation is 1. The van der Waals surface area contributed by atoms with Crippen LogP contribution in [0.15, 0.2) is 29.2 Å². The summed E-state index contributed by atoms with van der Waals surface area (Å²) in [5, 5.41) is 9.21. The Morgan fingerprint density at radius 1 is 1.28 bits per heavy atom. The number of hydrogen-bond acceptors (Lipinski definition) is 3. The molecule has 2 rings (SSSR count). The van der Waals surface area contributed by atoms with Crippen LogP contribution in [-0.4, -0.2) is 26.2 Å². The van der Waals surface area contributed by atoms with Gasteiger partial charge in [0.05, 0.1) is 4.90 Å². The van der Waals surface area contributed by atoms with E-state index in [4.69, 9.17) is 0 Å². The molecule has 0 aromatic heterocycles. The van der Waals surface area contributed by atoms with Crippen LogP contribution in [0.2, 0.25) is 0 Å². The lowest BCUT2D eigenvalue weighted by Crippen LogP contribution is -2.38. The van der Waals surface area contributed by atoms with Crippen molar-refractivity contribution in [2.24, 2.45) is 5.92 Å². The first-order chi connectivity index (χ1) is 8.53. The first kappa shape index (κ1) is 13.5. The second-order valence-electron chi connectivity index (χ2n) is 4.91. The number of hydrogen-bond donors (Lipinski definition) is 2. The maximum absolute atomic E-state index is 12.2. The fraction of sp³-hybridized carbons (Fsp3) is 0.538. The summed E-state index contributed by atoms with van der Waals surface area (Å²) < 4.78 is 27.0. The van der Waals surface area contributed by atoms with Crippen LogP contribution < -0.4 is 4.72 Å². The van der Waals surface area contributed by atoms with Gasteiger partial charge in [-0.3, -0.25) is 0 Å². The van der Waals surface area contributed by atoms with E-state index in [9.17, 15) is 13.5 Å². The van der Waals surface area contributed by atoms with Gasteiger partial charge in [-0.05, 0) is 37.8 Å². The largest absolute Gasteiger partial charge is 0.396 e. The predicted molar refractivity (Wildman–Crippen MR) is 69.7 cm³/mol. The standard InChI is InChI=1S/C13H19NO3S/c1-10-5-7-12(8-6-10)18(16,17)14-13-4-2-3-11(13)9-15/h5-8,11,13-15H,2-4,9H2,1H3/t11-,13-/m0/s1. The normalized spacial score (nSPS) is 24.3. The monoisotopic (exact) mass is 269 g/mol. The molecule has 0 saturated heterocycles. The van der Waals surface area contributed by atoms with Crippen molar-refractivity contribution >= 4 is 10.0 Å². The maximum Gasteiger partial charge on any atom is 0.240 e. The lowest BCUT2D eigenvalue weighted by atomic mass is 10.1. The molecule has 5 heteroatoms. The van der Waals surface area contributed by atoms with Crippen molar-refractivity contribution in [3.8, 4) is 0 Å². The summed E-state index contributed by atoms with van der Waals surface area (Å²) in [6, 6.07) is 6.65. The Morgan fingerprint density at radius 2 is 1.94 bits per heavy atom. The number of aliphatic hydroxyl groups is 1. The van der Waals surface area contributed by atoms with Crippen LogP contribution in [0, 0.1) is 12.8 Å². The summed E-state index contributed by atoms with van der Waals surface area (Å²) in [5.41, 5.74) is 1.03. The second-order valence-corrected chi connectivity index (χ2v) is 6.63. The number of sulfonamides is 1. The van der Waals surface area contributed by atoms with Gasteiger partial charge in [0.25, 0.3) is 0 Å². The lowest BCUT2D eigenvalue weighted by Gasteiger charge is -2.19. The van der Waals surface area contributed by atoms with E-state index in [1.807, 2.05) is 6.92 Å². The Kier molecular flexibility index (Phi) is 4.04. The predicted octanol–water partition coefficient (Wildman–Crippen LogP) is 1.43. The van der Waals surface area contributed by atoms with Gasteiger partial charge in [-0.1, -0.05) is 24.1 Å². The van der Waals surface area contributed by atoms with Crippen molar-refractivity contribution in [2.45, 2.75) is 37.1 Å². The zero-order valence-corrected chi connectivity index (χ0v) is 11.3. The van der Waals surface area contributed by atoms with Crippen LogP contribution in [0.1, 0.15) is 24.8 Å². The Labute approximate surface area is 108 Å². The van der Waals surface area contributed by atoms with Gasteiger partial charge in [0.2, 0.25) is 10.0 Å². The van der Waals surface area contributed by atoms with Gasteiger partial charge < -0.3 is 5.11 Å². The molecule has 2 N–H and O–H groups in total. The molecule has 0 unspecified atom stereocenters. The average molecular weight is 269 g/mol. The Bertz CT molecular complexity index is 495. The summed E-state index contributed by atoms with van der Waals surface area (Å²) in [5.74, 6) is 0.0465. The topological polar surface area (TPSA) is 66.4 Å². The zero-order valence-electron chi connectivity index (χ0n) is 10.5. The molecule has 2 atom stereocenters. The highest BCUT2D eigenvalue weighted by Crippen LogP contribution is 2.26. The van der Waals surface area contributed by atoms with Gasteiger partial charge in [-0.15, -0.1) is 0 Å². The molecule has 0 heterocycles. The summed E-state index contributed by atoms with van der Waals surface area (Å²) in [7, 11) is -3.46. The van der Waals surface area contributed by atoms with Crippen LogP contribution in [0.3, 0.4) is 0 Å². The third-order valence-corrected chi connectivity index (χ3v) is 5.04. The molecule has 1 saturated carbocycles. The highest BCUT2D eigenvalue weighted by Gasteiger charge is 2.30. The van der Waals surface area contributed by atoms with Crippen molar-refractivity contribution in [3.63, 3.8) is 0 Å². The van der Waals surface area contributed by atoms with Crippen LogP contribution >= 0.6 is 0 Å². The molecule has 0 aliphatic heterocycles. The molecule has 1 aliphatic carbocycles. The van der Waals surface area contributed by atoms with E-state index in [-0.39, 0.29) is 23.5 Å². The molecular formula is C13H19NO3S. The highest BCUT2D eigenvalue weighted by atomic mass is 32.2. The Hall–Kier alpha value is -0.910. The molecular weight excluding hydrogens is 250 g/mol. The molecule has 4 nitrogen and oxygen atoms in total. The van der Waals surface area contributed by atoms with Gasteiger partial charge in [0, 0.05) is 12.6 Å². The van der Waals surface area contributed by atoms with Gasteiger partial charge in [-0.25, -0.2) is 13.1 Å². The van der Waals surface area contributed by atoms with Crippen LogP contribution in [-0.2, 0) is 10.0 Å². The van der Waals surface area contributed by atoms with Crippen LogP contribution in [0.25, 0.3) is 0 Å². The van der Waals surface area contributed by atoms with Crippen LogP contribution in [0.4, 0.5) is 0 Å². The van der Waals surface area contributed by atoms with Gasteiger partial charge in [0.15, 0.2) is 0 Å². The zero-order chi connectivity index (χ0) is 13.2. The van der Waals surface area contributed by atoms with E-state index >= 15 is 0 Å². The summed E-state index contributed by atoms with van der Waals surface area (Å²) in [4.78, 5) is 0.289. The fourth-order valence-corrected chi connectivity index (χ4v) is 3.73. The van der Waals surface area contributed by atoms with Crippen molar-refractivity contribution < 1.29 is 13.5 Å². The SMILES string of the molecule is Cc1ccc(S(=O)(=O)N[C@H]2CCC[C@H]2CO)cc1. The lowest BCUT2D eigenvalue weighted by molar-refractivity contribution is 0.213. The highest BCUT2D eigenvalue weighted by molar-refractivity contribution is 7.89. The number of aliphatic hydroxyl groups excluding tert-OH is 1. The van der Waals surface area contributed by atoms with E-state index in [0.717, 1.165) is 24.8 Å². The smallest absolute Gasteiger partial charge is 0.240 e. The van der Waals surface area contributed by atoms with Gasteiger partial charge in [-0.2, -0.15) is 0 Å². The van der Waals surface area contributed by atoms with E-state index in [2.05, 4.69) is 4.72 Å². The van der Waals surface area contributed by atoms with Gasteiger partial charge in [0.1, 0.15) is 0 Å². The third kappa shape index (κ3) is 2.91. The summed E-state index contributed by atoms with van der Waals surface area (Å²) in [6.07, 6.45) is 2.65. The second kappa shape index (κ2) is 5.38. The summed E-state index contributed by atoms with van der Waals surface area (Å²) >= 11 is 0. The number of benzene rings is 1. The van der Waals surface area contributed by atoms with Gasteiger partial charge >= 0.3 is 0 Å². The molecule has 0 radical (unpaired) electrons. The minimum Gasteiger partial charge on any atom is -0.396 e. The molecule has 1 aromatic rings. The molecule has 1 aromatic carbocycles. The molecule has 18 heavy (non-hydrogen) atoms. The molecule has 0 spiro atoms. The molecule has 0 amide bonds. The van der Waals surface area contributed by atoms with Crippen molar-refractivity contribution in [1.82, 2.24) is 4.72 Å². The molecule has 100 valence electrons. The van der Waals surface area contributed by atoms with Crippen LogP contribution in [0.5, 0.6) is 0 Å². The molecule has 1 fully saturated rings. The van der Waals surface area contributed by atoms with E-state index in [0.29, 0.717) is 0 Å². The first-order valence-corrected chi connectivity index (χ1v) is 7.71.